The van der Waals surface area contributed by atoms with Gasteiger partial charge in [-0.3, -0.25) is 4.98 Å². The Balaban J connectivity index is 2.23. The molecule has 1 aromatic heterocycles. The molecule has 1 heterocycles. The molecule has 4 heteroatoms. The highest BCUT2D eigenvalue weighted by Crippen LogP contribution is 2.27. The monoisotopic (exact) mass is 273 g/mol. The summed E-state index contributed by atoms with van der Waals surface area (Å²) < 4.78 is 13.6. The van der Waals surface area contributed by atoms with Crippen LogP contribution in [0.5, 0.6) is 0 Å². The molecule has 0 saturated carbocycles. The van der Waals surface area contributed by atoms with Gasteiger partial charge in [0.25, 0.3) is 0 Å². The van der Waals surface area contributed by atoms with E-state index in [9.17, 15) is 4.39 Å². The summed E-state index contributed by atoms with van der Waals surface area (Å²) in [6, 6.07) is 7.29. The minimum Gasteiger partial charge on any atom is -0.376 e. The second-order valence-corrected chi connectivity index (χ2v) is 5.16. The van der Waals surface area contributed by atoms with Crippen LogP contribution in [0.2, 0.25) is 0 Å². The number of aryl methyl sites for hydroxylation is 1. The third-order valence-electron chi connectivity index (χ3n) is 3.35. The van der Waals surface area contributed by atoms with Crippen molar-refractivity contribution in [3.05, 3.63) is 53.6 Å². The van der Waals surface area contributed by atoms with E-state index >= 15 is 0 Å². The Hall–Kier alpha value is -2.10. The van der Waals surface area contributed by atoms with Gasteiger partial charge in [0.1, 0.15) is 5.82 Å². The fraction of sp³-hybridized carbons (Fsp3) is 0.312. The molecule has 1 unspecified atom stereocenters. The maximum Gasteiger partial charge on any atom is 0.126 e. The van der Waals surface area contributed by atoms with Crippen LogP contribution in [-0.4, -0.2) is 19.1 Å². The third-order valence-corrected chi connectivity index (χ3v) is 3.35. The Morgan fingerprint density at radius 1 is 1.25 bits per heavy atom. The smallest absolute Gasteiger partial charge is 0.126 e. The molecule has 20 heavy (non-hydrogen) atoms. The molecule has 0 aliphatic carbocycles. The quantitative estimate of drug-likeness (QED) is 0.919. The second-order valence-electron chi connectivity index (χ2n) is 5.16. The first kappa shape index (κ1) is 14.3. The van der Waals surface area contributed by atoms with Gasteiger partial charge in [-0.25, -0.2) is 4.39 Å². The van der Waals surface area contributed by atoms with E-state index in [4.69, 9.17) is 0 Å². The van der Waals surface area contributed by atoms with Crippen LogP contribution < -0.4 is 10.2 Å². The van der Waals surface area contributed by atoms with E-state index in [-0.39, 0.29) is 11.9 Å². The number of halogens is 1. The lowest BCUT2D eigenvalue weighted by atomic mass is 10.1. The standard InChI is InChI=1S/C16H20FN3/c1-11-5-6-13(9-14(11)17)12(2)19-15-10-18-8-7-16(15)20(3)4/h5-10,12,19H,1-4H3. The molecule has 0 saturated heterocycles. The molecule has 0 bridgehead atoms. The van der Waals surface area contributed by atoms with Crippen LogP contribution in [0.15, 0.2) is 36.7 Å². The molecule has 0 aliphatic heterocycles. The van der Waals surface area contributed by atoms with Gasteiger partial charge in [0.15, 0.2) is 0 Å². The number of benzene rings is 1. The maximum atomic E-state index is 13.6. The number of rotatable bonds is 4. The average molecular weight is 273 g/mol. The molecule has 2 aromatic rings. The van der Waals surface area contributed by atoms with Crippen molar-refractivity contribution in [1.82, 2.24) is 4.98 Å². The number of hydrogen-bond donors (Lipinski definition) is 1. The minimum atomic E-state index is -0.171. The van der Waals surface area contributed by atoms with Gasteiger partial charge in [-0.15, -0.1) is 0 Å². The lowest BCUT2D eigenvalue weighted by Gasteiger charge is -2.21. The largest absolute Gasteiger partial charge is 0.376 e. The van der Waals surface area contributed by atoms with E-state index in [1.807, 2.05) is 38.1 Å². The van der Waals surface area contributed by atoms with Crippen molar-refractivity contribution in [3.63, 3.8) is 0 Å². The third kappa shape index (κ3) is 3.07. The highest BCUT2D eigenvalue weighted by atomic mass is 19.1. The van der Waals surface area contributed by atoms with Crippen LogP contribution in [0.1, 0.15) is 24.1 Å². The molecule has 106 valence electrons. The zero-order valence-corrected chi connectivity index (χ0v) is 12.3. The molecule has 1 atom stereocenters. The van der Waals surface area contributed by atoms with Gasteiger partial charge in [-0.2, -0.15) is 0 Å². The van der Waals surface area contributed by atoms with Crippen molar-refractivity contribution in [3.8, 4) is 0 Å². The molecule has 2 rings (SSSR count). The predicted molar refractivity (Wildman–Crippen MR) is 81.7 cm³/mol. The van der Waals surface area contributed by atoms with E-state index in [1.165, 1.54) is 0 Å². The molecular formula is C16H20FN3. The van der Waals surface area contributed by atoms with Crippen LogP contribution >= 0.6 is 0 Å². The number of pyridine rings is 1. The summed E-state index contributed by atoms with van der Waals surface area (Å²) in [7, 11) is 3.97. The summed E-state index contributed by atoms with van der Waals surface area (Å²) in [5.74, 6) is -0.171. The van der Waals surface area contributed by atoms with Gasteiger partial charge in [0.05, 0.1) is 17.6 Å². The lowest BCUT2D eigenvalue weighted by molar-refractivity contribution is 0.614. The van der Waals surface area contributed by atoms with Crippen molar-refractivity contribution in [2.75, 3.05) is 24.3 Å². The molecule has 1 aromatic carbocycles. The SMILES string of the molecule is Cc1ccc(C(C)Nc2cnccc2N(C)C)cc1F. The fourth-order valence-corrected chi connectivity index (χ4v) is 2.08. The highest BCUT2D eigenvalue weighted by molar-refractivity contribution is 5.68. The topological polar surface area (TPSA) is 28.2 Å². The first-order valence-corrected chi connectivity index (χ1v) is 6.63. The Morgan fingerprint density at radius 2 is 2.00 bits per heavy atom. The molecule has 0 aliphatic rings. The summed E-state index contributed by atoms with van der Waals surface area (Å²) in [5, 5.41) is 3.38. The summed E-state index contributed by atoms with van der Waals surface area (Å²) in [4.78, 5) is 6.16. The zero-order valence-electron chi connectivity index (χ0n) is 12.3. The number of nitrogens with zero attached hydrogens (tertiary/aromatic N) is 2. The van der Waals surface area contributed by atoms with Gasteiger partial charge >= 0.3 is 0 Å². The molecule has 0 spiro atoms. The number of nitrogens with one attached hydrogen (secondary N) is 1. The van der Waals surface area contributed by atoms with Crippen molar-refractivity contribution in [1.29, 1.82) is 0 Å². The molecule has 0 radical (unpaired) electrons. The van der Waals surface area contributed by atoms with Crippen molar-refractivity contribution in [2.24, 2.45) is 0 Å². The first-order chi connectivity index (χ1) is 9.49. The zero-order chi connectivity index (χ0) is 14.7. The molecule has 0 amide bonds. The van der Waals surface area contributed by atoms with Crippen LogP contribution in [0.3, 0.4) is 0 Å². The van der Waals surface area contributed by atoms with Crippen molar-refractivity contribution < 1.29 is 4.39 Å². The van der Waals surface area contributed by atoms with Crippen LogP contribution in [0.4, 0.5) is 15.8 Å². The molecule has 1 N–H and O–H groups in total. The average Bonchev–Trinajstić information content (AvgIpc) is 2.42. The van der Waals surface area contributed by atoms with Crippen molar-refractivity contribution in [2.45, 2.75) is 19.9 Å². The van der Waals surface area contributed by atoms with E-state index in [0.717, 1.165) is 16.9 Å². The van der Waals surface area contributed by atoms with Gasteiger partial charge in [0.2, 0.25) is 0 Å². The summed E-state index contributed by atoms with van der Waals surface area (Å²) in [6.07, 6.45) is 3.55. The van der Waals surface area contributed by atoms with Crippen molar-refractivity contribution >= 4 is 11.4 Å². The maximum absolute atomic E-state index is 13.6. The summed E-state index contributed by atoms with van der Waals surface area (Å²) in [5.41, 5.74) is 3.57. The predicted octanol–water partition coefficient (Wildman–Crippen LogP) is 3.77. The summed E-state index contributed by atoms with van der Waals surface area (Å²) in [6.45, 7) is 3.78. The summed E-state index contributed by atoms with van der Waals surface area (Å²) >= 11 is 0. The lowest BCUT2D eigenvalue weighted by Crippen LogP contribution is -2.14. The Morgan fingerprint density at radius 3 is 2.65 bits per heavy atom. The van der Waals surface area contributed by atoms with Gasteiger partial charge in [-0.1, -0.05) is 12.1 Å². The highest BCUT2D eigenvalue weighted by Gasteiger charge is 2.11. The minimum absolute atomic E-state index is 0.00741. The van der Waals surface area contributed by atoms with E-state index < -0.39 is 0 Å². The Bertz CT molecular complexity index is 596. The first-order valence-electron chi connectivity index (χ1n) is 6.63. The van der Waals surface area contributed by atoms with E-state index in [0.29, 0.717) is 5.56 Å². The number of anilines is 2. The normalized spacial score (nSPS) is 12.1. The molecular weight excluding hydrogens is 253 g/mol. The molecule has 0 fully saturated rings. The van der Waals surface area contributed by atoms with Crippen LogP contribution in [0.25, 0.3) is 0 Å². The number of aromatic nitrogens is 1. The van der Waals surface area contributed by atoms with Crippen LogP contribution in [0, 0.1) is 12.7 Å². The molecule has 3 nitrogen and oxygen atoms in total. The van der Waals surface area contributed by atoms with Gasteiger partial charge < -0.3 is 10.2 Å². The van der Waals surface area contributed by atoms with Gasteiger partial charge in [-0.05, 0) is 37.1 Å². The number of hydrogen-bond acceptors (Lipinski definition) is 3. The second kappa shape index (κ2) is 5.90. The Kier molecular flexibility index (Phi) is 4.23. The Labute approximate surface area is 119 Å². The van der Waals surface area contributed by atoms with Gasteiger partial charge in [0, 0.05) is 26.3 Å². The van der Waals surface area contributed by atoms with Crippen LogP contribution in [-0.2, 0) is 0 Å². The fourth-order valence-electron chi connectivity index (χ4n) is 2.08. The van der Waals surface area contributed by atoms with E-state index in [2.05, 4.69) is 10.3 Å². The van der Waals surface area contributed by atoms with E-state index in [1.54, 1.807) is 31.5 Å².